The summed E-state index contributed by atoms with van der Waals surface area (Å²) in [5, 5.41) is 2.56. The topological polar surface area (TPSA) is 66.5 Å². The van der Waals surface area contributed by atoms with Crippen molar-refractivity contribution in [1.29, 1.82) is 0 Å². The largest absolute Gasteiger partial charge is 0.355 e. The van der Waals surface area contributed by atoms with Crippen molar-refractivity contribution in [3.05, 3.63) is 70.8 Å². The highest BCUT2D eigenvalue weighted by molar-refractivity contribution is 7.88. The van der Waals surface area contributed by atoms with E-state index in [9.17, 15) is 13.2 Å². The van der Waals surface area contributed by atoms with Gasteiger partial charge < -0.3 is 5.32 Å². The van der Waals surface area contributed by atoms with E-state index in [0.717, 1.165) is 18.4 Å². The van der Waals surface area contributed by atoms with Gasteiger partial charge in [0, 0.05) is 31.1 Å². The van der Waals surface area contributed by atoms with E-state index in [1.54, 1.807) is 35.6 Å². The Morgan fingerprint density at radius 1 is 1.12 bits per heavy atom. The number of amides is 1. The molecule has 1 spiro atoms. The Morgan fingerprint density at radius 3 is 2.46 bits per heavy atom. The zero-order valence-corrected chi connectivity index (χ0v) is 15.6. The number of carbonyl (C=O) groups is 1. The summed E-state index contributed by atoms with van der Waals surface area (Å²) >= 11 is 0. The van der Waals surface area contributed by atoms with E-state index in [4.69, 9.17) is 0 Å². The van der Waals surface area contributed by atoms with Crippen LogP contribution in [0.2, 0.25) is 0 Å². The van der Waals surface area contributed by atoms with Gasteiger partial charge in [-0.3, -0.25) is 4.79 Å². The van der Waals surface area contributed by atoms with Crippen molar-refractivity contribution in [2.24, 2.45) is 0 Å². The van der Waals surface area contributed by atoms with Crippen molar-refractivity contribution in [2.75, 3.05) is 13.6 Å². The lowest BCUT2D eigenvalue weighted by atomic mass is 9.88. The third-order valence-corrected chi connectivity index (χ3v) is 7.20. The fraction of sp³-hybridized carbons (Fsp3) is 0.350. The highest BCUT2D eigenvalue weighted by atomic mass is 32.2. The van der Waals surface area contributed by atoms with Crippen LogP contribution >= 0.6 is 0 Å². The van der Waals surface area contributed by atoms with Gasteiger partial charge in [-0.25, -0.2) is 8.42 Å². The molecule has 6 heteroatoms. The summed E-state index contributed by atoms with van der Waals surface area (Å²) in [4.78, 5) is 11.6. The molecule has 4 rings (SSSR count). The number of benzene rings is 2. The van der Waals surface area contributed by atoms with E-state index in [-0.39, 0.29) is 17.1 Å². The summed E-state index contributed by atoms with van der Waals surface area (Å²) in [6, 6.07) is 15.0. The van der Waals surface area contributed by atoms with Gasteiger partial charge in [-0.1, -0.05) is 36.4 Å². The van der Waals surface area contributed by atoms with E-state index in [1.165, 1.54) is 5.56 Å². The molecule has 1 fully saturated rings. The SMILES string of the molecule is CNC(=O)c1ccc(CS(=O)(=O)N2Cc3ccccc3C3(CC3)C2)cc1. The minimum atomic E-state index is -3.42. The summed E-state index contributed by atoms with van der Waals surface area (Å²) < 4.78 is 27.6. The summed E-state index contributed by atoms with van der Waals surface area (Å²) in [5.41, 5.74) is 3.68. The number of nitrogens with one attached hydrogen (secondary N) is 1. The molecule has 0 bridgehead atoms. The molecule has 0 radical (unpaired) electrons. The zero-order chi connectivity index (χ0) is 18.4. The molecule has 1 N–H and O–H groups in total. The number of hydrogen-bond donors (Lipinski definition) is 1. The van der Waals surface area contributed by atoms with E-state index >= 15 is 0 Å². The lowest BCUT2D eigenvalue weighted by Gasteiger charge is -2.34. The fourth-order valence-corrected chi connectivity index (χ4v) is 5.39. The molecule has 1 heterocycles. The molecule has 0 aromatic heterocycles. The first-order valence-electron chi connectivity index (χ1n) is 8.81. The van der Waals surface area contributed by atoms with Crippen LogP contribution in [0.15, 0.2) is 48.5 Å². The van der Waals surface area contributed by atoms with Crippen molar-refractivity contribution < 1.29 is 13.2 Å². The van der Waals surface area contributed by atoms with Crippen LogP contribution in [0, 0.1) is 0 Å². The zero-order valence-electron chi connectivity index (χ0n) is 14.7. The van der Waals surface area contributed by atoms with E-state index in [0.29, 0.717) is 24.2 Å². The van der Waals surface area contributed by atoms with Crippen LogP contribution in [0.25, 0.3) is 0 Å². The first kappa shape index (κ1) is 17.2. The quantitative estimate of drug-likeness (QED) is 0.899. The molecule has 1 aliphatic carbocycles. The molecule has 5 nitrogen and oxygen atoms in total. The third kappa shape index (κ3) is 3.04. The molecule has 2 aliphatic rings. The standard InChI is InChI=1S/C20H22N2O3S/c1-21-19(23)16-8-6-15(7-9-16)13-26(24,25)22-12-17-4-2-3-5-18(17)20(14-22)10-11-20/h2-9H,10-14H2,1H3,(H,21,23). The highest BCUT2D eigenvalue weighted by Crippen LogP contribution is 2.52. The molecular weight excluding hydrogens is 348 g/mol. The molecule has 0 saturated heterocycles. The van der Waals surface area contributed by atoms with Crippen molar-refractivity contribution in [1.82, 2.24) is 9.62 Å². The van der Waals surface area contributed by atoms with Crippen LogP contribution < -0.4 is 5.32 Å². The smallest absolute Gasteiger partial charge is 0.251 e. The molecule has 1 saturated carbocycles. The Labute approximate surface area is 154 Å². The lowest BCUT2D eigenvalue weighted by molar-refractivity contribution is 0.0963. The average Bonchev–Trinajstić information content (AvgIpc) is 3.41. The predicted molar refractivity (Wildman–Crippen MR) is 100 cm³/mol. The number of rotatable bonds is 4. The molecule has 136 valence electrons. The van der Waals surface area contributed by atoms with E-state index < -0.39 is 10.0 Å². The number of hydrogen-bond acceptors (Lipinski definition) is 3. The summed E-state index contributed by atoms with van der Waals surface area (Å²) in [7, 11) is -1.84. The second kappa shape index (κ2) is 6.21. The van der Waals surface area contributed by atoms with Crippen LogP contribution in [-0.2, 0) is 27.7 Å². The maximum Gasteiger partial charge on any atom is 0.251 e. The highest BCUT2D eigenvalue weighted by Gasteiger charge is 2.50. The monoisotopic (exact) mass is 370 g/mol. The van der Waals surface area contributed by atoms with Crippen LogP contribution in [0.5, 0.6) is 0 Å². The average molecular weight is 370 g/mol. The number of sulfonamides is 1. The van der Waals surface area contributed by atoms with Crippen molar-refractivity contribution in [2.45, 2.75) is 30.6 Å². The number of fused-ring (bicyclic) bond motifs is 2. The van der Waals surface area contributed by atoms with Gasteiger partial charge in [0.1, 0.15) is 0 Å². The van der Waals surface area contributed by atoms with Crippen molar-refractivity contribution in [3.8, 4) is 0 Å². The Hall–Kier alpha value is -2.18. The number of nitrogens with zero attached hydrogens (tertiary/aromatic N) is 1. The van der Waals surface area contributed by atoms with Gasteiger partial charge >= 0.3 is 0 Å². The molecule has 1 amide bonds. The molecule has 0 atom stereocenters. The fourth-order valence-electron chi connectivity index (χ4n) is 3.82. The normalized spacial score (nSPS) is 18.3. The molecule has 2 aromatic carbocycles. The van der Waals surface area contributed by atoms with Crippen LogP contribution in [0.1, 0.15) is 39.9 Å². The Morgan fingerprint density at radius 2 is 1.81 bits per heavy atom. The Bertz CT molecular complexity index is 947. The van der Waals surface area contributed by atoms with Gasteiger partial charge in [-0.2, -0.15) is 4.31 Å². The van der Waals surface area contributed by atoms with Crippen molar-refractivity contribution in [3.63, 3.8) is 0 Å². The second-order valence-corrected chi connectivity index (χ2v) is 9.21. The van der Waals surface area contributed by atoms with Gasteiger partial charge in [0.15, 0.2) is 0 Å². The van der Waals surface area contributed by atoms with Gasteiger partial charge in [-0.15, -0.1) is 0 Å². The van der Waals surface area contributed by atoms with E-state index in [1.807, 2.05) is 18.2 Å². The predicted octanol–water partition coefficient (Wildman–Crippen LogP) is 2.42. The van der Waals surface area contributed by atoms with Crippen molar-refractivity contribution >= 4 is 15.9 Å². The third-order valence-electron chi connectivity index (χ3n) is 5.45. The minimum Gasteiger partial charge on any atom is -0.355 e. The molecule has 26 heavy (non-hydrogen) atoms. The molecule has 0 unspecified atom stereocenters. The number of carbonyl (C=O) groups excluding carboxylic acids is 1. The molecular formula is C20H22N2O3S. The lowest BCUT2D eigenvalue weighted by Crippen LogP contribution is -2.42. The maximum atomic E-state index is 13.0. The second-order valence-electron chi connectivity index (χ2n) is 7.24. The first-order chi connectivity index (χ1) is 12.4. The molecule has 2 aromatic rings. The van der Waals surface area contributed by atoms with Crippen LogP contribution in [-0.4, -0.2) is 32.2 Å². The Balaban J connectivity index is 1.55. The van der Waals surface area contributed by atoms with Gasteiger partial charge in [0.2, 0.25) is 10.0 Å². The summed E-state index contributed by atoms with van der Waals surface area (Å²) in [5.74, 6) is -0.220. The van der Waals surface area contributed by atoms with Crippen LogP contribution in [0.3, 0.4) is 0 Å². The maximum absolute atomic E-state index is 13.0. The van der Waals surface area contributed by atoms with E-state index in [2.05, 4.69) is 11.4 Å². The van der Waals surface area contributed by atoms with Crippen LogP contribution in [0.4, 0.5) is 0 Å². The minimum absolute atomic E-state index is 0.0188. The van der Waals surface area contributed by atoms with Gasteiger partial charge in [-0.05, 0) is 41.7 Å². The summed E-state index contributed by atoms with van der Waals surface area (Å²) in [6.07, 6.45) is 2.10. The molecule has 1 aliphatic heterocycles. The van der Waals surface area contributed by atoms with Gasteiger partial charge in [0.05, 0.1) is 5.75 Å². The summed E-state index contributed by atoms with van der Waals surface area (Å²) in [6.45, 7) is 1.01. The Kier molecular flexibility index (Phi) is 4.12. The van der Waals surface area contributed by atoms with Gasteiger partial charge in [0.25, 0.3) is 5.91 Å². The first-order valence-corrected chi connectivity index (χ1v) is 10.4.